The minimum Gasteiger partial charge on any atom is -0.327 e. The minimum atomic E-state index is -2.51. The molecule has 4 nitrogen and oxygen atoms in total. The van der Waals surface area contributed by atoms with E-state index in [0.29, 0.717) is 36.9 Å². The van der Waals surface area contributed by atoms with Gasteiger partial charge in [0, 0.05) is 50.1 Å². The molecule has 0 aromatic heterocycles. The van der Waals surface area contributed by atoms with E-state index in [2.05, 4.69) is 65.2 Å². The van der Waals surface area contributed by atoms with Gasteiger partial charge in [0.25, 0.3) is 0 Å². The van der Waals surface area contributed by atoms with Crippen LogP contribution in [0.2, 0.25) is 0 Å². The minimum absolute atomic E-state index is 0.470. The standard InChI is InChI=1S/C17H39N2O2P/c1-14(2)18(15(3)4)10-12-21-22(9,20)13-11-19(16(5)6)17(7)8/h14-17H,10-13H2,1-9H3. The predicted octanol–water partition coefficient (Wildman–Crippen LogP) is 4.15. The van der Waals surface area contributed by atoms with Crippen molar-refractivity contribution in [2.24, 2.45) is 0 Å². The molecule has 0 aromatic carbocycles. The molecule has 0 heterocycles. The van der Waals surface area contributed by atoms with E-state index < -0.39 is 7.37 Å². The van der Waals surface area contributed by atoms with Crippen LogP contribution in [0.4, 0.5) is 0 Å². The van der Waals surface area contributed by atoms with E-state index >= 15 is 0 Å². The summed E-state index contributed by atoms with van der Waals surface area (Å²) in [5.41, 5.74) is 0. The van der Waals surface area contributed by atoms with Crippen molar-refractivity contribution in [1.29, 1.82) is 0 Å². The Bertz CT molecular complexity index is 328. The molecule has 0 saturated heterocycles. The Kier molecular flexibility index (Phi) is 10.1. The quantitative estimate of drug-likeness (QED) is 0.532. The lowest BCUT2D eigenvalue weighted by Crippen LogP contribution is -2.40. The van der Waals surface area contributed by atoms with Gasteiger partial charge in [-0.1, -0.05) is 0 Å². The van der Waals surface area contributed by atoms with Crippen molar-refractivity contribution in [3.63, 3.8) is 0 Å². The molecule has 0 radical (unpaired) electrons. The predicted molar refractivity (Wildman–Crippen MR) is 98.3 cm³/mol. The zero-order valence-corrected chi connectivity index (χ0v) is 17.2. The Hall–Kier alpha value is 0.110. The number of hydrogen-bond donors (Lipinski definition) is 0. The molecule has 1 atom stereocenters. The molecule has 5 heteroatoms. The fraction of sp³-hybridized carbons (Fsp3) is 1.00. The summed E-state index contributed by atoms with van der Waals surface area (Å²) >= 11 is 0. The largest absolute Gasteiger partial charge is 0.327 e. The first-order valence-electron chi connectivity index (χ1n) is 8.70. The van der Waals surface area contributed by atoms with Crippen LogP contribution in [0.25, 0.3) is 0 Å². The van der Waals surface area contributed by atoms with Crippen molar-refractivity contribution in [3.8, 4) is 0 Å². The third kappa shape index (κ3) is 8.67. The lowest BCUT2D eigenvalue weighted by Gasteiger charge is -2.32. The molecular formula is C17H39N2O2P. The third-order valence-electron chi connectivity index (χ3n) is 4.13. The summed E-state index contributed by atoms with van der Waals surface area (Å²) in [5, 5.41) is 0. The Morgan fingerprint density at radius 3 is 1.50 bits per heavy atom. The van der Waals surface area contributed by atoms with Gasteiger partial charge in [0.15, 0.2) is 0 Å². The van der Waals surface area contributed by atoms with Crippen LogP contribution in [0.1, 0.15) is 55.4 Å². The fourth-order valence-corrected chi connectivity index (χ4v) is 4.12. The highest BCUT2D eigenvalue weighted by Crippen LogP contribution is 2.42. The van der Waals surface area contributed by atoms with Gasteiger partial charge in [-0.05, 0) is 55.4 Å². The second kappa shape index (κ2) is 10.1. The van der Waals surface area contributed by atoms with Gasteiger partial charge in [-0.2, -0.15) is 0 Å². The maximum absolute atomic E-state index is 12.6. The van der Waals surface area contributed by atoms with Crippen LogP contribution in [0.5, 0.6) is 0 Å². The van der Waals surface area contributed by atoms with Gasteiger partial charge in [0.05, 0.1) is 6.61 Å². The van der Waals surface area contributed by atoms with E-state index in [4.69, 9.17) is 4.52 Å². The molecule has 0 rings (SSSR count). The Balaban J connectivity index is 4.33. The first-order chi connectivity index (χ1) is 9.98. The first kappa shape index (κ1) is 22.1. The normalized spacial score (nSPS) is 15.8. The molecule has 0 spiro atoms. The van der Waals surface area contributed by atoms with Gasteiger partial charge in [-0.25, -0.2) is 0 Å². The SMILES string of the molecule is CC(C)N(CCOP(C)(=O)CCN(C(C)C)C(C)C)C(C)C. The summed E-state index contributed by atoms with van der Waals surface area (Å²) in [5.74, 6) is 0. The van der Waals surface area contributed by atoms with Gasteiger partial charge in [0.2, 0.25) is 7.37 Å². The second-order valence-electron chi connectivity index (χ2n) is 7.42. The number of rotatable bonds is 11. The Morgan fingerprint density at radius 1 is 0.773 bits per heavy atom. The molecule has 0 fully saturated rings. The summed E-state index contributed by atoms with van der Waals surface area (Å²) < 4.78 is 18.4. The summed E-state index contributed by atoms with van der Waals surface area (Å²) in [6.07, 6.45) is 0.632. The monoisotopic (exact) mass is 334 g/mol. The molecule has 0 amide bonds. The average molecular weight is 334 g/mol. The molecule has 0 aromatic rings. The zero-order valence-electron chi connectivity index (χ0n) is 16.3. The summed E-state index contributed by atoms with van der Waals surface area (Å²) in [6, 6.07) is 1.91. The van der Waals surface area contributed by atoms with Crippen LogP contribution in [-0.4, -0.2) is 66.5 Å². The van der Waals surface area contributed by atoms with Crippen LogP contribution in [0.15, 0.2) is 0 Å². The van der Waals surface area contributed by atoms with Crippen LogP contribution in [-0.2, 0) is 9.09 Å². The highest BCUT2D eigenvalue weighted by molar-refractivity contribution is 7.58. The van der Waals surface area contributed by atoms with E-state index in [1.807, 2.05) is 0 Å². The van der Waals surface area contributed by atoms with Gasteiger partial charge in [0.1, 0.15) is 0 Å². The van der Waals surface area contributed by atoms with E-state index in [1.54, 1.807) is 6.66 Å². The summed E-state index contributed by atoms with van der Waals surface area (Å²) in [4.78, 5) is 4.74. The highest BCUT2D eigenvalue weighted by Gasteiger charge is 2.21. The van der Waals surface area contributed by atoms with Crippen molar-refractivity contribution >= 4 is 7.37 Å². The maximum Gasteiger partial charge on any atom is 0.201 e. The van der Waals surface area contributed by atoms with E-state index in [0.717, 1.165) is 13.1 Å². The summed E-state index contributed by atoms with van der Waals surface area (Å²) in [7, 11) is -2.51. The van der Waals surface area contributed by atoms with E-state index in [-0.39, 0.29) is 0 Å². The zero-order chi connectivity index (χ0) is 17.5. The molecule has 1 unspecified atom stereocenters. The average Bonchev–Trinajstić information content (AvgIpc) is 2.32. The topological polar surface area (TPSA) is 32.8 Å². The molecule has 22 heavy (non-hydrogen) atoms. The number of nitrogens with zero attached hydrogens (tertiary/aromatic N) is 2. The van der Waals surface area contributed by atoms with Crippen molar-refractivity contribution in [3.05, 3.63) is 0 Å². The lowest BCUT2D eigenvalue weighted by atomic mass is 10.2. The van der Waals surface area contributed by atoms with Gasteiger partial charge in [-0.3, -0.25) is 14.4 Å². The number of hydrogen-bond acceptors (Lipinski definition) is 4. The van der Waals surface area contributed by atoms with Gasteiger partial charge in [-0.15, -0.1) is 0 Å². The second-order valence-corrected chi connectivity index (χ2v) is 10.2. The van der Waals surface area contributed by atoms with Crippen LogP contribution >= 0.6 is 7.37 Å². The van der Waals surface area contributed by atoms with Crippen molar-refractivity contribution in [2.45, 2.75) is 79.6 Å². The van der Waals surface area contributed by atoms with Crippen LogP contribution < -0.4 is 0 Å². The molecule has 0 bridgehead atoms. The first-order valence-corrected chi connectivity index (χ1v) is 11.0. The Labute approximate surface area is 139 Å². The molecule has 134 valence electrons. The van der Waals surface area contributed by atoms with E-state index in [9.17, 15) is 4.57 Å². The van der Waals surface area contributed by atoms with Crippen molar-refractivity contribution in [1.82, 2.24) is 9.80 Å². The summed E-state index contributed by atoms with van der Waals surface area (Å²) in [6.45, 7) is 21.5. The molecule has 0 aliphatic rings. The molecule has 0 saturated carbocycles. The molecule has 0 aliphatic carbocycles. The molecular weight excluding hydrogens is 295 g/mol. The smallest absolute Gasteiger partial charge is 0.201 e. The van der Waals surface area contributed by atoms with Crippen LogP contribution in [0, 0.1) is 0 Å². The van der Waals surface area contributed by atoms with Gasteiger partial charge >= 0.3 is 0 Å². The lowest BCUT2D eigenvalue weighted by molar-refractivity contribution is 0.142. The maximum atomic E-state index is 12.6. The van der Waals surface area contributed by atoms with Crippen molar-refractivity contribution < 1.29 is 9.09 Å². The molecule has 0 N–H and O–H groups in total. The highest BCUT2D eigenvalue weighted by atomic mass is 31.2. The van der Waals surface area contributed by atoms with Crippen LogP contribution in [0.3, 0.4) is 0 Å². The van der Waals surface area contributed by atoms with E-state index in [1.165, 1.54) is 0 Å². The van der Waals surface area contributed by atoms with Crippen molar-refractivity contribution in [2.75, 3.05) is 32.5 Å². The fourth-order valence-electron chi connectivity index (χ4n) is 2.93. The molecule has 0 aliphatic heterocycles. The third-order valence-corrected chi connectivity index (χ3v) is 5.87. The Morgan fingerprint density at radius 2 is 1.14 bits per heavy atom. The van der Waals surface area contributed by atoms with Gasteiger partial charge < -0.3 is 4.52 Å².